The highest BCUT2D eigenvalue weighted by molar-refractivity contribution is 7.99. The van der Waals surface area contributed by atoms with Crippen LogP contribution in [0.2, 0.25) is 5.02 Å². The first-order chi connectivity index (χ1) is 16.0. The SMILES string of the molecule is Cl.Cl.N#Cc1ccc(C2CSc3ncc(C(=O)N(CCNc4cccc(Cl)c4)CC(=O)O)n32)cc1. The highest BCUT2D eigenvalue weighted by Crippen LogP contribution is 2.38. The van der Waals surface area contributed by atoms with Crippen molar-refractivity contribution in [2.75, 3.05) is 30.7 Å². The summed E-state index contributed by atoms with van der Waals surface area (Å²) in [5, 5.41) is 22.9. The molecular formula is C23H22Cl3N5O3S. The minimum Gasteiger partial charge on any atom is -0.480 e. The Morgan fingerprint density at radius 3 is 2.66 bits per heavy atom. The van der Waals surface area contributed by atoms with Crippen molar-refractivity contribution in [3.8, 4) is 6.07 Å². The average Bonchev–Trinajstić information content (AvgIpc) is 3.40. The molecule has 8 nitrogen and oxygen atoms in total. The molecule has 0 fully saturated rings. The van der Waals surface area contributed by atoms with Crippen molar-refractivity contribution >= 4 is 65.7 Å². The van der Waals surface area contributed by atoms with Crippen molar-refractivity contribution in [3.05, 3.63) is 76.6 Å². The number of carboxylic acid groups (broad SMARTS) is 1. The maximum absolute atomic E-state index is 13.4. The summed E-state index contributed by atoms with van der Waals surface area (Å²) in [6.45, 7) is 0.117. The van der Waals surface area contributed by atoms with Crippen molar-refractivity contribution in [1.82, 2.24) is 14.5 Å². The van der Waals surface area contributed by atoms with Gasteiger partial charge in [-0.15, -0.1) is 24.8 Å². The summed E-state index contributed by atoms with van der Waals surface area (Å²) in [5.41, 5.74) is 2.65. The number of carbonyl (C=O) groups is 2. The molecule has 0 bridgehead atoms. The number of nitriles is 1. The van der Waals surface area contributed by atoms with Gasteiger partial charge in [0, 0.05) is 29.6 Å². The fourth-order valence-corrected chi connectivity index (χ4v) is 5.01. The number of aliphatic carboxylic acids is 1. The van der Waals surface area contributed by atoms with E-state index < -0.39 is 18.4 Å². The Hall–Kier alpha value is -2.90. The number of amides is 1. The van der Waals surface area contributed by atoms with Gasteiger partial charge in [0.05, 0.1) is 23.9 Å². The number of halogens is 3. The van der Waals surface area contributed by atoms with E-state index in [1.165, 1.54) is 22.9 Å². The molecule has 0 spiro atoms. The topological polar surface area (TPSA) is 111 Å². The number of rotatable bonds is 8. The molecule has 0 aliphatic carbocycles. The number of imidazole rings is 1. The average molecular weight is 555 g/mol. The Morgan fingerprint density at radius 1 is 1.26 bits per heavy atom. The van der Waals surface area contributed by atoms with Crippen molar-refractivity contribution in [2.24, 2.45) is 0 Å². The number of benzene rings is 2. The van der Waals surface area contributed by atoms with Gasteiger partial charge in [0.2, 0.25) is 0 Å². The van der Waals surface area contributed by atoms with E-state index in [4.69, 9.17) is 16.9 Å². The van der Waals surface area contributed by atoms with Crippen LogP contribution in [0.25, 0.3) is 0 Å². The lowest BCUT2D eigenvalue weighted by atomic mass is 10.1. The molecule has 4 rings (SSSR count). The molecule has 1 aliphatic heterocycles. The molecule has 2 N–H and O–H groups in total. The molecule has 1 atom stereocenters. The predicted molar refractivity (Wildman–Crippen MR) is 140 cm³/mol. The summed E-state index contributed by atoms with van der Waals surface area (Å²) in [6, 6.07) is 16.4. The first-order valence-electron chi connectivity index (χ1n) is 10.2. The number of aromatic nitrogens is 2. The highest BCUT2D eigenvalue weighted by Gasteiger charge is 2.32. The lowest BCUT2D eigenvalue weighted by Gasteiger charge is -2.23. The van der Waals surface area contributed by atoms with Crippen LogP contribution in [-0.2, 0) is 4.79 Å². The van der Waals surface area contributed by atoms with E-state index in [1.54, 1.807) is 30.3 Å². The van der Waals surface area contributed by atoms with Crippen LogP contribution in [-0.4, -0.2) is 56.8 Å². The number of fused-ring (bicyclic) bond motifs is 1. The Bertz CT molecular complexity index is 1230. The maximum atomic E-state index is 13.4. The Kier molecular flexibility index (Phi) is 10.3. The van der Waals surface area contributed by atoms with Gasteiger partial charge in [-0.2, -0.15) is 5.26 Å². The van der Waals surface area contributed by atoms with E-state index in [2.05, 4.69) is 16.4 Å². The zero-order chi connectivity index (χ0) is 23.4. The van der Waals surface area contributed by atoms with Crippen molar-refractivity contribution in [1.29, 1.82) is 5.26 Å². The van der Waals surface area contributed by atoms with Gasteiger partial charge in [-0.1, -0.05) is 41.6 Å². The molecule has 35 heavy (non-hydrogen) atoms. The minimum absolute atomic E-state index is 0. The summed E-state index contributed by atoms with van der Waals surface area (Å²) in [4.78, 5) is 30.5. The zero-order valence-electron chi connectivity index (χ0n) is 18.3. The molecule has 1 amide bonds. The van der Waals surface area contributed by atoms with Crippen LogP contribution in [0.5, 0.6) is 0 Å². The third kappa shape index (κ3) is 6.61. The van der Waals surface area contributed by atoms with Crippen LogP contribution in [0.15, 0.2) is 59.9 Å². The van der Waals surface area contributed by atoms with Crippen LogP contribution >= 0.6 is 48.2 Å². The van der Waals surface area contributed by atoms with E-state index in [0.717, 1.165) is 11.3 Å². The van der Waals surface area contributed by atoms with Crippen LogP contribution < -0.4 is 5.32 Å². The number of carboxylic acids is 1. The monoisotopic (exact) mass is 553 g/mol. The van der Waals surface area contributed by atoms with Crippen LogP contribution in [0.3, 0.4) is 0 Å². The fraction of sp³-hybridized carbons (Fsp3) is 0.217. The third-order valence-electron chi connectivity index (χ3n) is 5.24. The number of nitrogens with one attached hydrogen (secondary N) is 1. The molecule has 0 radical (unpaired) electrons. The molecule has 0 saturated heterocycles. The quantitative estimate of drug-likeness (QED) is 0.419. The predicted octanol–water partition coefficient (Wildman–Crippen LogP) is 4.59. The molecule has 1 aromatic heterocycles. The standard InChI is InChI=1S/C23H20ClN5O3S.2ClH/c24-17-2-1-3-18(10-17)26-8-9-28(13-21(30)31)22(32)19-12-27-23-29(19)20(14-33-23)16-6-4-15(11-25)5-7-16;;/h1-7,10,12,20,26H,8-9,13-14H2,(H,30,31);2*1H. The number of anilines is 1. The summed E-state index contributed by atoms with van der Waals surface area (Å²) < 4.78 is 1.85. The fourth-order valence-electron chi connectivity index (χ4n) is 3.67. The number of hydrogen-bond acceptors (Lipinski definition) is 6. The number of hydrogen-bond donors (Lipinski definition) is 2. The Morgan fingerprint density at radius 2 is 2.00 bits per heavy atom. The van der Waals surface area contributed by atoms with E-state index in [-0.39, 0.29) is 37.4 Å². The summed E-state index contributed by atoms with van der Waals surface area (Å²) in [5.74, 6) is -0.791. The third-order valence-corrected chi connectivity index (χ3v) is 6.52. The van der Waals surface area contributed by atoms with E-state index in [0.29, 0.717) is 33.7 Å². The second-order valence-electron chi connectivity index (χ2n) is 7.41. The van der Waals surface area contributed by atoms with Gasteiger partial charge in [-0.05, 0) is 35.9 Å². The molecule has 184 valence electrons. The summed E-state index contributed by atoms with van der Waals surface area (Å²) >= 11 is 7.53. The van der Waals surface area contributed by atoms with Crippen molar-refractivity contribution in [3.63, 3.8) is 0 Å². The van der Waals surface area contributed by atoms with Gasteiger partial charge in [0.15, 0.2) is 5.16 Å². The molecule has 2 aromatic carbocycles. The van der Waals surface area contributed by atoms with Gasteiger partial charge >= 0.3 is 5.97 Å². The summed E-state index contributed by atoms with van der Waals surface area (Å²) in [7, 11) is 0. The zero-order valence-corrected chi connectivity index (χ0v) is 21.5. The van der Waals surface area contributed by atoms with Crippen LogP contribution in [0.4, 0.5) is 5.69 Å². The van der Waals surface area contributed by atoms with E-state index in [1.807, 2.05) is 22.8 Å². The molecule has 1 aliphatic rings. The minimum atomic E-state index is -1.09. The Labute approximate surface area is 224 Å². The number of nitrogens with zero attached hydrogens (tertiary/aromatic N) is 4. The maximum Gasteiger partial charge on any atom is 0.323 e. The van der Waals surface area contributed by atoms with Gasteiger partial charge < -0.3 is 19.9 Å². The molecule has 1 unspecified atom stereocenters. The van der Waals surface area contributed by atoms with E-state index >= 15 is 0 Å². The Balaban J connectivity index is 0.00000216. The lowest BCUT2D eigenvalue weighted by Crippen LogP contribution is -2.40. The van der Waals surface area contributed by atoms with Gasteiger partial charge in [-0.25, -0.2) is 4.98 Å². The first kappa shape index (κ1) is 28.3. The second kappa shape index (κ2) is 12.7. The lowest BCUT2D eigenvalue weighted by molar-refractivity contribution is -0.137. The summed E-state index contributed by atoms with van der Waals surface area (Å²) in [6.07, 6.45) is 1.50. The molecular weight excluding hydrogens is 533 g/mol. The molecule has 3 aromatic rings. The number of carbonyl (C=O) groups excluding carboxylic acids is 1. The van der Waals surface area contributed by atoms with Gasteiger partial charge in [0.1, 0.15) is 12.2 Å². The van der Waals surface area contributed by atoms with Gasteiger partial charge in [-0.3, -0.25) is 9.59 Å². The largest absolute Gasteiger partial charge is 0.480 e. The van der Waals surface area contributed by atoms with Gasteiger partial charge in [0.25, 0.3) is 5.91 Å². The number of thioether (sulfide) groups is 1. The molecule has 12 heteroatoms. The van der Waals surface area contributed by atoms with E-state index in [9.17, 15) is 14.7 Å². The first-order valence-corrected chi connectivity index (χ1v) is 11.5. The smallest absolute Gasteiger partial charge is 0.323 e. The van der Waals surface area contributed by atoms with Crippen LogP contribution in [0, 0.1) is 11.3 Å². The second-order valence-corrected chi connectivity index (χ2v) is 8.84. The molecule has 0 saturated carbocycles. The van der Waals surface area contributed by atoms with Crippen molar-refractivity contribution in [2.45, 2.75) is 11.2 Å². The van der Waals surface area contributed by atoms with Crippen LogP contribution in [0.1, 0.15) is 27.7 Å². The highest BCUT2D eigenvalue weighted by atomic mass is 35.5. The normalized spacial score (nSPS) is 13.5. The molecule has 2 heterocycles. The van der Waals surface area contributed by atoms with Crippen molar-refractivity contribution < 1.29 is 14.7 Å².